The van der Waals surface area contributed by atoms with Crippen molar-refractivity contribution in [2.24, 2.45) is 46.8 Å². The molecule has 10 unspecified atom stereocenters. The first-order valence-corrected chi connectivity index (χ1v) is 21.3. The van der Waals surface area contributed by atoms with Crippen LogP contribution in [0, 0.1) is 46.8 Å². The molecule has 1 saturated heterocycles. The second-order valence-electron chi connectivity index (χ2n) is 18.5. The molecule has 2 fully saturated rings. The highest BCUT2D eigenvalue weighted by molar-refractivity contribution is 5.67. The van der Waals surface area contributed by atoms with Crippen molar-refractivity contribution in [3.63, 3.8) is 0 Å². The minimum Gasteiger partial charge on any atom is -0.361 e. The molecule has 270 valence electrons. The van der Waals surface area contributed by atoms with Gasteiger partial charge < -0.3 is 9.80 Å². The van der Waals surface area contributed by atoms with E-state index >= 15 is 0 Å². The molecule has 0 aromatic heterocycles. The molecular formula is C51H56N2. The van der Waals surface area contributed by atoms with E-state index in [-0.39, 0.29) is 5.41 Å². The molecule has 10 atom stereocenters. The third-order valence-corrected chi connectivity index (χ3v) is 15.8. The molecule has 2 heteroatoms. The first kappa shape index (κ1) is 32.4. The first-order chi connectivity index (χ1) is 26.0. The molecule has 0 spiro atoms. The predicted octanol–water partition coefficient (Wildman–Crippen LogP) is 12.1. The lowest BCUT2D eigenvalue weighted by Gasteiger charge is -2.43. The Balaban J connectivity index is 0.854. The third kappa shape index (κ3) is 5.03. The summed E-state index contributed by atoms with van der Waals surface area (Å²) in [5, 5.41) is 0. The summed E-state index contributed by atoms with van der Waals surface area (Å²) >= 11 is 0. The molecule has 53 heavy (non-hydrogen) atoms. The second-order valence-corrected chi connectivity index (χ2v) is 18.5. The lowest BCUT2D eigenvalue weighted by molar-refractivity contribution is 0.167. The van der Waals surface area contributed by atoms with E-state index in [2.05, 4.69) is 145 Å². The summed E-state index contributed by atoms with van der Waals surface area (Å²) in [5.41, 5.74) is 12.7. The fourth-order valence-electron chi connectivity index (χ4n) is 13.4. The van der Waals surface area contributed by atoms with Crippen molar-refractivity contribution < 1.29 is 0 Å². The average Bonchev–Trinajstić information content (AvgIpc) is 3.81. The molecule has 0 N–H and O–H groups in total. The van der Waals surface area contributed by atoms with Crippen molar-refractivity contribution in [2.45, 2.75) is 96.2 Å². The molecule has 0 radical (unpaired) electrons. The van der Waals surface area contributed by atoms with Crippen LogP contribution < -0.4 is 4.90 Å². The zero-order valence-electron chi connectivity index (χ0n) is 31.8. The first-order valence-electron chi connectivity index (χ1n) is 21.3. The maximum Gasteiger partial charge on any atom is 0.0585 e. The van der Waals surface area contributed by atoms with Gasteiger partial charge in [0.25, 0.3) is 0 Å². The highest BCUT2D eigenvalue weighted by atomic mass is 15.2. The lowest BCUT2D eigenvalue weighted by Crippen LogP contribution is -2.41. The Morgan fingerprint density at radius 2 is 1.53 bits per heavy atom. The summed E-state index contributed by atoms with van der Waals surface area (Å²) in [4.78, 5) is 5.67. The largest absolute Gasteiger partial charge is 0.361 e. The number of hydrogen-bond acceptors (Lipinski definition) is 2. The van der Waals surface area contributed by atoms with Crippen molar-refractivity contribution >= 4 is 5.69 Å². The zero-order valence-corrected chi connectivity index (χ0v) is 31.8. The number of nitrogens with zero attached hydrogens (tertiary/aromatic N) is 2. The molecule has 2 aromatic carbocycles. The SMILES string of the molecule is CC1(C)C2=C(CCC(N3C4=C(CCC=C4)C4CC(C5CCC6C(C5)C5C=CC=CC5N6c5ccc(-c6ccccc6)cc5)C=CC43)=C2)C2CCC=CC21. The van der Waals surface area contributed by atoms with Crippen molar-refractivity contribution in [3.8, 4) is 11.1 Å². The number of rotatable bonds is 4. The molecule has 0 amide bonds. The van der Waals surface area contributed by atoms with Crippen molar-refractivity contribution in [2.75, 3.05) is 4.90 Å². The summed E-state index contributed by atoms with van der Waals surface area (Å²) in [6, 6.07) is 21.9. The minimum absolute atomic E-state index is 0.234. The van der Waals surface area contributed by atoms with Gasteiger partial charge in [0, 0.05) is 35.0 Å². The molecule has 2 aliphatic heterocycles. The van der Waals surface area contributed by atoms with E-state index in [0.717, 1.165) is 17.8 Å². The topological polar surface area (TPSA) is 6.48 Å². The Kier molecular flexibility index (Phi) is 7.64. The Labute approximate surface area is 318 Å². The number of fused-ring (bicyclic) bond motifs is 7. The van der Waals surface area contributed by atoms with Crippen LogP contribution in [0.15, 0.2) is 150 Å². The standard InChI is InChI=1S/C51H56N2/c1-51(2)45-17-9-6-14-39(45)40-27-26-38(32-46(40)51)53-48-19-11-8-16-42(48)44-31-36(23-29-50(44)53)35-22-28-49-43(30-35)41-15-7-10-18-47(41)52(49)37-24-20-34(21-25-37)33-12-4-3-5-13-33/h3-5,7,9-13,15,17-21,23-25,29,32,35-36,39,41,43-45,47,49-50H,6,8,14,16,22,26-28,30-31H2,1-2H3. The van der Waals surface area contributed by atoms with Crippen LogP contribution in [0.3, 0.4) is 0 Å². The molecule has 7 aliphatic carbocycles. The maximum atomic E-state index is 2.85. The molecular weight excluding hydrogens is 641 g/mol. The van der Waals surface area contributed by atoms with Crippen LogP contribution >= 0.6 is 0 Å². The highest BCUT2D eigenvalue weighted by Gasteiger charge is 2.52. The fraction of sp³-hybridized carbons (Fsp3) is 0.451. The molecule has 11 rings (SSSR count). The van der Waals surface area contributed by atoms with Crippen LogP contribution in [0.1, 0.15) is 78.1 Å². The Bertz CT molecular complexity index is 2030. The van der Waals surface area contributed by atoms with Crippen LogP contribution in [-0.4, -0.2) is 23.0 Å². The normalized spacial score (nSPS) is 37.3. The summed E-state index contributed by atoms with van der Waals surface area (Å²) in [5.74, 6) is 4.91. The monoisotopic (exact) mass is 696 g/mol. The smallest absolute Gasteiger partial charge is 0.0585 e. The van der Waals surface area contributed by atoms with Gasteiger partial charge in [-0.05, 0) is 146 Å². The lowest BCUT2D eigenvalue weighted by atomic mass is 9.65. The Hall–Kier alpha value is -4.04. The molecule has 2 heterocycles. The quantitative estimate of drug-likeness (QED) is 0.294. The maximum absolute atomic E-state index is 2.85. The Morgan fingerprint density at radius 3 is 2.42 bits per heavy atom. The second kappa shape index (κ2) is 12.5. The van der Waals surface area contributed by atoms with Gasteiger partial charge in [0.05, 0.1) is 12.1 Å². The van der Waals surface area contributed by atoms with Crippen molar-refractivity contribution in [1.29, 1.82) is 0 Å². The third-order valence-electron chi connectivity index (χ3n) is 15.8. The van der Waals surface area contributed by atoms with Gasteiger partial charge in [-0.25, -0.2) is 0 Å². The van der Waals surface area contributed by atoms with E-state index in [9.17, 15) is 0 Å². The van der Waals surface area contributed by atoms with Crippen molar-refractivity contribution in [3.05, 3.63) is 150 Å². The number of benzene rings is 2. The van der Waals surface area contributed by atoms with E-state index < -0.39 is 0 Å². The van der Waals surface area contributed by atoms with Gasteiger partial charge in [0.1, 0.15) is 0 Å². The van der Waals surface area contributed by atoms with Crippen LogP contribution in [0.2, 0.25) is 0 Å². The molecule has 2 nitrogen and oxygen atoms in total. The van der Waals surface area contributed by atoms with Gasteiger partial charge >= 0.3 is 0 Å². The van der Waals surface area contributed by atoms with E-state index in [1.807, 2.05) is 0 Å². The van der Waals surface area contributed by atoms with E-state index in [4.69, 9.17) is 0 Å². The van der Waals surface area contributed by atoms with Crippen LogP contribution in [0.25, 0.3) is 11.1 Å². The molecule has 0 bridgehead atoms. The van der Waals surface area contributed by atoms with Crippen LogP contribution in [-0.2, 0) is 0 Å². The molecule has 9 aliphatic rings. The number of allylic oxidation sites excluding steroid dienone is 11. The summed E-state index contributed by atoms with van der Waals surface area (Å²) in [7, 11) is 0. The van der Waals surface area contributed by atoms with Gasteiger partial charge in [-0.1, -0.05) is 117 Å². The molecule has 1 saturated carbocycles. The average molecular weight is 697 g/mol. The number of hydrogen-bond donors (Lipinski definition) is 0. The van der Waals surface area contributed by atoms with E-state index in [1.165, 1.54) is 81.0 Å². The van der Waals surface area contributed by atoms with E-state index in [1.54, 1.807) is 28.1 Å². The van der Waals surface area contributed by atoms with Gasteiger partial charge in [-0.15, -0.1) is 0 Å². The highest BCUT2D eigenvalue weighted by Crippen LogP contribution is 2.59. The summed E-state index contributed by atoms with van der Waals surface area (Å²) < 4.78 is 0. The summed E-state index contributed by atoms with van der Waals surface area (Å²) in [6.07, 6.45) is 40.7. The zero-order chi connectivity index (χ0) is 35.3. The number of anilines is 1. The molecule has 2 aromatic rings. The predicted molar refractivity (Wildman–Crippen MR) is 220 cm³/mol. The van der Waals surface area contributed by atoms with Gasteiger partial charge in [-0.3, -0.25) is 0 Å². The Morgan fingerprint density at radius 1 is 0.679 bits per heavy atom. The van der Waals surface area contributed by atoms with Crippen LogP contribution in [0.4, 0.5) is 5.69 Å². The van der Waals surface area contributed by atoms with Gasteiger partial charge in [0.15, 0.2) is 0 Å². The van der Waals surface area contributed by atoms with Crippen LogP contribution in [0.5, 0.6) is 0 Å². The van der Waals surface area contributed by atoms with Gasteiger partial charge in [-0.2, -0.15) is 0 Å². The van der Waals surface area contributed by atoms with E-state index in [0.29, 0.717) is 41.8 Å². The van der Waals surface area contributed by atoms with Crippen molar-refractivity contribution in [1.82, 2.24) is 4.90 Å². The minimum atomic E-state index is 0.234. The summed E-state index contributed by atoms with van der Waals surface area (Å²) in [6.45, 7) is 5.07. The van der Waals surface area contributed by atoms with Gasteiger partial charge in [0.2, 0.25) is 0 Å². The fourth-order valence-corrected chi connectivity index (χ4v) is 13.4.